The van der Waals surface area contributed by atoms with Crippen LogP contribution in [0.5, 0.6) is 0 Å². The van der Waals surface area contributed by atoms with Crippen molar-refractivity contribution in [2.75, 3.05) is 0 Å². The zero-order valence-electron chi connectivity index (χ0n) is 5.91. The SMILES string of the molecule is N#CC#N.[K+].[K+].[O]=[Mn](=[O])([O-])[O-]. The van der Waals surface area contributed by atoms with Crippen LogP contribution in [0.1, 0.15) is 0 Å². The summed E-state index contributed by atoms with van der Waals surface area (Å²) in [6, 6.07) is 2.47. The zero-order chi connectivity index (χ0) is 7.91. The first-order chi connectivity index (χ1) is 3.91. The molecule has 0 bridgehead atoms. The van der Waals surface area contributed by atoms with Crippen LogP contribution >= 0.6 is 0 Å². The summed E-state index contributed by atoms with van der Waals surface area (Å²) in [4.78, 5) is 0. The molecule has 0 aromatic heterocycles. The van der Waals surface area contributed by atoms with Gasteiger partial charge in [-0.25, -0.2) is 0 Å². The summed E-state index contributed by atoms with van der Waals surface area (Å²) in [6.07, 6.45) is 0. The Bertz CT molecular complexity index is 216. The van der Waals surface area contributed by atoms with Gasteiger partial charge in [0, 0.05) is 0 Å². The average molecular weight is 249 g/mol. The third-order valence-corrected chi connectivity index (χ3v) is 0.0500. The van der Waals surface area contributed by atoms with Gasteiger partial charge in [-0.3, -0.25) is 0 Å². The second kappa shape index (κ2) is 14.8. The van der Waals surface area contributed by atoms with Crippen LogP contribution in [0.15, 0.2) is 0 Å². The molecule has 0 N–H and O–H groups in total. The Morgan fingerprint density at radius 2 is 1.09 bits per heavy atom. The van der Waals surface area contributed by atoms with E-state index >= 15 is 0 Å². The molecule has 11 heavy (non-hydrogen) atoms. The van der Waals surface area contributed by atoms with Crippen LogP contribution in [0, 0.1) is 22.7 Å². The van der Waals surface area contributed by atoms with Crippen LogP contribution in [0.3, 0.4) is 0 Å². The minimum absolute atomic E-state index is 0. The Labute approximate surface area is 151 Å². The quantitative estimate of drug-likeness (QED) is 0.392. The van der Waals surface area contributed by atoms with E-state index in [0.29, 0.717) is 0 Å². The molecule has 0 aliphatic heterocycles. The molecule has 0 rings (SSSR count). The van der Waals surface area contributed by atoms with Gasteiger partial charge in [0.2, 0.25) is 0 Å². The second-order valence-corrected chi connectivity index (χ2v) is 1.78. The Morgan fingerprint density at radius 3 is 1.09 bits per heavy atom. The predicted octanol–water partition coefficient (Wildman–Crippen LogP) is -8.58. The molecular weight excluding hydrogens is 249 g/mol. The van der Waals surface area contributed by atoms with E-state index in [2.05, 4.69) is 0 Å². The van der Waals surface area contributed by atoms with Gasteiger partial charge in [-0.1, -0.05) is 0 Å². The molecule has 0 unspecified atom stereocenters. The van der Waals surface area contributed by atoms with E-state index in [1.165, 1.54) is 12.1 Å². The molecule has 0 aliphatic rings. The molecule has 0 spiro atoms. The van der Waals surface area contributed by atoms with Crippen LogP contribution in [0.4, 0.5) is 0 Å². The summed E-state index contributed by atoms with van der Waals surface area (Å²) in [7, 11) is 0. The van der Waals surface area contributed by atoms with Crippen molar-refractivity contribution in [3.8, 4) is 12.1 Å². The Kier molecular flexibility index (Phi) is 31.3. The van der Waals surface area contributed by atoms with Gasteiger partial charge in [0.05, 0.1) is 0 Å². The fourth-order valence-electron chi connectivity index (χ4n) is 0. The van der Waals surface area contributed by atoms with Crippen LogP contribution in [-0.4, -0.2) is 0 Å². The molecule has 0 aliphatic carbocycles. The molecule has 51 valence electrons. The zero-order valence-corrected chi connectivity index (χ0v) is 13.3. The summed E-state index contributed by atoms with van der Waals surface area (Å²) in [5.41, 5.74) is 0. The van der Waals surface area contributed by atoms with Crippen molar-refractivity contribution in [3.05, 3.63) is 0 Å². The van der Waals surface area contributed by atoms with Gasteiger partial charge in [-0.15, -0.1) is 0 Å². The van der Waals surface area contributed by atoms with Crippen molar-refractivity contribution >= 4 is 0 Å². The number of hydrogen-bond donors (Lipinski definition) is 0. The van der Waals surface area contributed by atoms with Crippen LogP contribution in [0.2, 0.25) is 0 Å². The molecule has 0 amide bonds. The van der Waals surface area contributed by atoms with Gasteiger partial charge in [-0.2, -0.15) is 10.5 Å². The molecule has 0 saturated heterocycles. The van der Waals surface area contributed by atoms with Crippen molar-refractivity contribution in [2.45, 2.75) is 0 Å². The topological polar surface area (TPSA) is 128 Å². The third-order valence-electron chi connectivity index (χ3n) is 0.0500. The minimum atomic E-state index is -5.62. The van der Waals surface area contributed by atoms with Crippen molar-refractivity contribution in [2.24, 2.45) is 0 Å². The van der Waals surface area contributed by atoms with Gasteiger partial charge < -0.3 is 0 Å². The molecule has 0 atom stereocenters. The average Bonchev–Trinajstić information content (AvgIpc) is 1.61. The summed E-state index contributed by atoms with van der Waals surface area (Å²) >= 11 is -5.62. The molecule has 6 nitrogen and oxygen atoms in total. The molecule has 0 aromatic rings. The van der Waals surface area contributed by atoms with Crippen LogP contribution in [-0.2, 0) is 21.0 Å². The van der Waals surface area contributed by atoms with Gasteiger partial charge in [0.15, 0.2) is 12.1 Å². The maximum absolute atomic E-state index is 8.58. The molecule has 0 saturated carbocycles. The van der Waals surface area contributed by atoms with Crippen molar-refractivity contribution in [1.82, 2.24) is 0 Å². The fraction of sp³-hybridized carbons (Fsp3) is 0. The van der Waals surface area contributed by atoms with Crippen LogP contribution < -0.4 is 111 Å². The van der Waals surface area contributed by atoms with E-state index in [1.807, 2.05) is 0 Å². The first-order valence-electron chi connectivity index (χ1n) is 1.31. The van der Waals surface area contributed by atoms with E-state index in [1.54, 1.807) is 0 Å². The summed E-state index contributed by atoms with van der Waals surface area (Å²) in [5, 5.41) is 14.5. The molecule has 0 heterocycles. The predicted molar refractivity (Wildman–Crippen MR) is 12.6 cm³/mol. The number of nitrogens with zero attached hydrogens (tertiary/aromatic N) is 2. The number of hydrogen-bond acceptors (Lipinski definition) is 6. The van der Waals surface area contributed by atoms with Gasteiger partial charge in [0.1, 0.15) is 0 Å². The third kappa shape index (κ3) is 120. The van der Waals surface area contributed by atoms with Gasteiger partial charge in [-0.05, 0) is 0 Å². The normalized spacial score (nSPS) is 6.18. The van der Waals surface area contributed by atoms with Crippen molar-refractivity contribution < 1.29 is 132 Å². The first kappa shape index (κ1) is 23.3. The fourth-order valence-corrected chi connectivity index (χ4v) is 0. The van der Waals surface area contributed by atoms with E-state index in [9.17, 15) is 0 Å². The Balaban J connectivity index is -0.0000000383. The maximum atomic E-state index is 8.58. The molecular formula is C2K2MnN2O4. The van der Waals surface area contributed by atoms with E-state index in [0.717, 1.165) is 0 Å². The first-order valence-corrected chi connectivity index (χ1v) is 3.24. The number of rotatable bonds is 0. The van der Waals surface area contributed by atoms with Crippen molar-refractivity contribution in [3.63, 3.8) is 0 Å². The Morgan fingerprint density at radius 1 is 1.00 bits per heavy atom. The molecule has 0 fully saturated rings. The van der Waals surface area contributed by atoms with Crippen molar-refractivity contribution in [1.29, 1.82) is 10.5 Å². The monoisotopic (exact) mass is 249 g/mol. The molecule has 0 aromatic carbocycles. The van der Waals surface area contributed by atoms with Crippen LogP contribution in [0.25, 0.3) is 0 Å². The van der Waals surface area contributed by atoms with Gasteiger partial charge in [0.25, 0.3) is 0 Å². The van der Waals surface area contributed by atoms with Gasteiger partial charge >= 0.3 is 132 Å². The van der Waals surface area contributed by atoms with E-state index < -0.39 is 13.4 Å². The summed E-state index contributed by atoms with van der Waals surface area (Å²) in [5.74, 6) is 0. The number of nitriles is 2. The van der Waals surface area contributed by atoms with E-state index in [4.69, 9.17) is 26.6 Å². The summed E-state index contributed by atoms with van der Waals surface area (Å²) < 4.78 is 34.3. The second-order valence-electron chi connectivity index (χ2n) is 0.602. The molecule has 9 heteroatoms. The van der Waals surface area contributed by atoms with E-state index in [-0.39, 0.29) is 103 Å². The standard InChI is InChI=1S/C2N2.2K.Mn.4O/c3-1-2-4;;;;;;;/q;2*+1;;;;2*-1. The molecule has 0 radical (unpaired) electrons. The Hall–Kier alpha value is 2.29. The summed E-state index contributed by atoms with van der Waals surface area (Å²) in [6.45, 7) is 0.